The van der Waals surface area contributed by atoms with Gasteiger partial charge < -0.3 is 10.6 Å². The van der Waals surface area contributed by atoms with Crippen molar-refractivity contribution in [2.24, 2.45) is 0 Å². The van der Waals surface area contributed by atoms with Crippen molar-refractivity contribution in [3.63, 3.8) is 0 Å². The zero-order valence-corrected chi connectivity index (χ0v) is 16.8. The summed E-state index contributed by atoms with van der Waals surface area (Å²) in [5.41, 5.74) is 1.62. The molecular formula is C22H28ClN3O. The molecule has 2 aromatic rings. The number of likely N-dealkylation sites (tertiary alicyclic amines) is 1. The van der Waals surface area contributed by atoms with Crippen LogP contribution < -0.4 is 10.6 Å². The second kappa shape index (κ2) is 8.77. The Bertz CT molecular complexity index is 755. The average Bonchev–Trinajstić information content (AvgIpc) is 2.64. The lowest BCUT2D eigenvalue weighted by molar-refractivity contribution is -0.127. The molecule has 0 saturated carbocycles. The number of hydrogen-bond acceptors (Lipinski definition) is 3. The maximum Gasteiger partial charge on any atom is 0.245 e. The normalized spacial score (nSPS) is 16.9. The van der Waals surface area contributed by atoms with Crippen molar-refractivity contribution >= 4 is 23.2 Å². The number of para-hydroxylation sites is 1. The van der Waals surface area contributed by atoms with Gasteiger partial charge in [-0.2, -0.15) is 0 Å². The van der Waals surface area contributed by atoms with Gasteiger partial charge in [0.25, 0.3) is 0 Å². The van der Waals surface area contributed by atoms with Crippen LogP contribution in [0.15, 0.2) is 54.6 Å². The summed E-state index contributed by atoms with van der Waals surface area (Å²) >= 11 is 6.11. The fourth-order valence-corrected chi connectivity index (χ4v) is 3.81. The van der Waals surface area contributed by atoms with Gasteiger partial charge in [0.1, 0.15) is 5.54 Å². The van der Waals surface area contributed by atoms with E-state index in [-0.39, 0.29) is 11.9 Å². The third-order valence-electron chi connectivity index (χ3n) is 5.02. The molecule has 0 atom stereocenters. The first-order valence-corrected chi connectivity index (χ1v) is 9.96. The van der Waals surface area contributed by atoms with E-state index in [1.807, 2.05) is 62.4 Å². The van der Waals surface area contributed by atoms with Crippen LogP contribution in [0.1, 0.15) is 32.3 Å². The molecule has 1 amide bonds. The molecule has 0 aliphatic carbocycles. The fraction of sp³-hybridized carbons (Fsp3) is 0.409. The first kappa shape index (κ1) is 19.7. The third-order valence-corrected chi connectivity index (χ3v) is 5.25. The number of halogens is 1. The van der Waals surface area contributed by atoms with Crippen LogP contribution in [0.5, 0.6) is 0 Å². The molecule has 1 saturated heterocycles. The highest BCUT2D eigenvalue weighted by atomic mass is 35.5. The number of anilines is 1. The number of carbonyl (C=O) groups excluding carboxylic acids is 1. The van der Waals surface area contributed by atoms with Crippen molar-refractivity contribution in [3.8, 4) is 0 Å². The predicted octanol–water partition coefficient (Wildman–Crippen LogP) is 4.31. The number of rotatable bonds is 6. The van der Waals surface area contributed by atoms with Gasteiger partial charge in [0.2, 0.25) is 5.91 Å². The molecule has 1 aliphatic heterocycles. The zero-order valence-electron chi connectivity index (χ0n) is 16.0. The smallest absolute Gasteiger partial charge is 0.245 e. The Morgan fingerprint density at radius 2 is 1.81 bits per heavy atom. The van der Waals surface area contributed by atoms with E-state index in [4.69, 9.17) is 11.6 Å². The number of hydrogen-bond donors (Lipinski definition) is 2. The van der Waals surface area contributed by atoms with Crippen molar-refractivity contribution in [3.05, 3.63) is 65.2 Å². The number of carbonyl (C=O) groups is 1. The summed E-state index contributed by atoms with van der Waals surface area (Å²) in [7, 11) is 0. The number of piperidine rings is 1. The average molecular weight is 386 g/mol. The summed E-state index contributed by atoms with van der Waals surface area (Å²) in [5, 5.41) is 7.41. The number of nitrogens with one attached hydrogen (secondary N) is 2. The maximum absolute atomic E-state index is 13.0. The Kier molecular flexibility index (Phi) is 6.40. The molecule has 1 fully saturated rings. The van der Waals surface area contributed by atoms with Gasteiger partial charge in [-0.25, -0.2) is 0 Å². The van der Waals surface area contributed by atoms with Crippen molar-refractivity contribution in [2.75, 3.05) is 18.4 Å². The number of nitrogens with zero attached hydrogens (tertiary/aromatic N) is 1. The standard InChI is InChI=1S/C22H28ClN3O/c1-17(2)24-21(27)22(25-20-9-4-3-5-10-20)11-13-26(14-12-22)16-18-7-6-8-19(23)15-18/h3-10,15,17,25H,11-14,16H2,1-2H3,(H,24,27). The van der Waals surface area contributed by atoms with E-state index in [9.17, 15) is 4.79 Å². The number of amides is 1. The van der Waals surface area contributed by atoms with Crippen LogP contribution in [0.25, 0.3) is 0 Å². The van der Waals surface area contributed by atoms with Gasteiger partial charge in [0.05, 0.1) is 0 Å². The molecule has 2 N–H and O–H groups in total. The Hall–Kier alpha value is -2.04. The van der Waals surface area contributed by atoms with Crippen LogP contribution in [-0.4, -0.2) is 35.5 Å². The van der Waals surface area contributed by atoms with E-state index < -0.39 is 5.54 Å². The minimum Gasteiger partial charge on any atom is -0.371 e. The lowest BCUT2D eigenvalue weighted by atomic mass is 9.85. The largest absolute Gasteiger partial charge is 0.371 e. The second-order valence-corrected chi connectivity index (χ2v) is 8.04. The van der Waals surface area contributed by atoms with Crippen molar-refractivity contribution in [1.29, 1.82) is 0 Å². The summed E-state index contributed by atoms with van der Waals surface area (Å²) in [5.74, 6) is 0.0868. The summed E-state index contributed by atoms with van der Waals surface area (Å²) in [4.78, 5) is 15.4. The lowest BCUT2D eigenvalue weighted by Gasteiger charge is -2.42. The SMILES string of the molecule is CC(C)NC(=O)C1(Nc2ccccc2)CCN(Cc2cccc(Cl)c2)CC1. The highest BCUT2D eigenvalue weighted by Gasteiger charge is 2.41. The van der Waals surface area contributed by atoms with Crippen LogP contribution in [0.2, 0.25) is 5.02 Å². The van der Waals surface area contributed by atoms with E-state index >= 15 is 0 Å². The summed E-state index contributed by atoms with van der Waals surface area (Å²) in [6.45, 7) is 6.58. The molecule has 1 heterocycles. The van der Waals surface area contributed by atoms with Gasteiger partial charge in [-0.15, -0.1) is 0 Å². The first-order chi connectivity index (χ1) is 13.0. The van der Waals surface area contributed by atoms with Gasteiger partial charge in [-0.05, 0) is 56.5 Å². The molecule has 27 heavy (non-hydrogen) atoms. The van der Waals surface area contributed by atoms with Crippen molar-refractivity contribution < 1.29 is 4.79 Å². The molecule has 0 bridgehead atoms. The molecular weight excluding hydrogens is 358 g/mol. The predicted molar refractivity (Wildman–Crippen MR) is 112 cm³/mol. The van der Waals surface area contributed by atoms with E-state index in [1.54, 1.807) is 0 Å². The van der Waals surface area contributed by atoms with E-state index in [0.29, 0.717) is 0 Å². The molecule has 4 nitrogen and oxygen atoms in total. The van der Waals surface area contributed by atoms with Gasteiger partial charge in [0.15, 0.2) is 0 Å². The van der Waals surface area contributed by atoms with Gasteiger partial charge in [0, 0.05) is 36.4 Å². The molecule has 3 rings (SSSR count). The molecule has 0 aromatic heterocycles. The minimum atomic E-state index is -0.573. The van der Waals surface area contributed by atoms with E-state index in [0.717, 1.165) is 43.2 Å². The molecule has 5 heteroatoms. The Labute approximate surface area is 166 Å². The van der Waals surface area contributed by atoms with E-state index in [2.05, 4.69) is 21.6 Å². The second-order valence-electron chi connectivity index (χ2n) is 7.61. The topological polar surface area (TPSA) is 44.4 Å². The van der Waals surface area contributed by atoms with Gasteiger partial charge >= 0.3 is 0 Å². The maximum atomic E-state index is 13.0. The van der Waals surface area contributed by atoms with Crippen molar-refractivity contribution in [1.82, 2.24) is 10.2 Å². The van der Waals surface area contributed by atoms with Crippen LogP contribution >= 0.6 is 11.6 Å². The number of benzene rings is 2. The Balaban J connectivity index is 1.70. The van der Waals surface area contributed by atoms with E-state index in [1.165, 1.54) is 5.56 Å². The molecule has 0 unspecified atom stereocenters. The quantitative estimate of drug-likeness (QED) is 0.778. The van der Waals surface area contributed by atoms with Crippen molar-refractivity contribution in [2.45, 2.75) is 44.8 Å². The highest BCUT2D eigenvalue weighted by Crippen LogP contribution is 2.29. The van der Waals surface area contributed by atoms with Crippen LogP contribution in [-0.2, 0) is 11.3 Å². The summed E-state index contributed by atoms with van der Waals surface area (Å²) < 4.78 is 0. The van der Waals surface area contributed by atoms with Crippen LogP contribution in [0, 0.1) is 0 Å². The van der Waals surface area contributed by atoms with Gasteiger partial charge in [-0.3, -0.25) is 9.69 Å². The summed E-state index contributed by atoms with van der Waals surface area (Å²) in [6.07, 6.45) is 1.53. The fourth-order valence-electron chi connectivity index (χ4n) is 3.59. The first-order valence-electron chi connectivity index (χ1n) is 9.58. The molecule has 0 radical (unpaired) electrons. The molecule has 144 valence electrons. The minimum absolute atomic E-state index is 0.0868. The Morgan fingerprint density at radius 1 is 1.11 bits per heavy atom. The lowest BCUT2D eigenvalue weighted by Crippen LogP contribution is -2.59. The highest BCUT2D eigenvalue weighted by molar-refractivity contribution is 6.30. The van der Waals surface area contributed by atoms with Crippen LogP contribution in [0.4, 0.5) is 5.69 Å². The third kappa shape index (κ3) is 5.24. The molecule has 2 aromatic carbocycles. The van der Waals surface area contributed by atoms with Gasteiger partial charge in [-0.1, -0.05) is 41.9 Å². The molecule has 1 aliphatic rings. The monoisotopic (exact) mass is 385 g/mol. The summed E-state index contributed by atoms with van der Waals surface area (Å²) in [6, 6.07) is 18.1. The van der Waals surface area contributed by atoms with Crippen LogP contribution in [0.3, 0.4) is 0 Å². The zero-order chi connectivity index (χ0) is 19.3. The Morgan fingerprint density at radius 3 is 2.44 bits per heavy atom. The molecule has 0 spiro atoms.